The Hall–Kier alpha value is -1.06. The van der Waals surface area contributed by atoms with Gasteiger partial charge in [0.15, 0.2) is 0 Å². The van der Waals surface area contributed by atoms with Crippen molar-refractivity contribution in [2.75, 3.05) is 19.7 Å². The van der Waals surface area contributed by atoms with Crippen molar-refractivity contribution in [3.8, 4) is 5.75 Å². The summed E-state index contributed by atoms with van der Waals surface area (Å²) in [5.41, 5.74) is 1.09. The highest BCUT2D eigenvalue weighted by Crippen LogP contribution is 2.09. The van der Waals surface area contributed by atoms with Gasteiger partial charge >= 0.3 is 0 Å². The Labute approximate surface area is 91.1 Å². The van der Waals surface area contributed by atoms with Crippen LogP contribution in [0.2, 0.25) is 0 Å². The zero-order valence-electron chi connectivity index (χ0n) is 9.20. The van der Waals surface area contributed by atoms with Crippen LogP contribution in [0.25, 0.3) is 0 Å². The van der Waals surface area contributed by atoms with E-state index in [9.17, 15) is 0 Å². The Morgan fingerprint density at radius 2 is 1.93 bits per heavy atom. The van der Waals surface area contributed by atoms with Gasteiger partial charge in [-0.3, -0.25) is 0 Å². The molecule has 3 heteroatoms. The van der Waals surface area contributed by atoms with Crippen molar-refractivity contribution >= 4 is 0 Å². The summed E-state index contributed by atoms with van der Waals surface area (Å²) in [6.45, 7) is 5.41. The maximum Gasteiger partial charge on any atom is 0.115 e. The topological polar surface area (TPSA) is 41.5 Å². The fourth-order valence-corrected chi connectivity index (χ4v) is 1.23. The molecule has 0 aromatic heterocycles. The van der Waals surface area contributed by atoms with E-state index in [-0.39, 0.29) is 0 Å². The molecule has 0 aliphatic carbocycles. The highest BCUT2D eigenvalue weighted by molar-refractivity contribution is 5.25. The largest absolute Gasteiger partial charge is 0.508 e. The number of phenolic OH excluding ortho intramolecular Hbond substituents is 1. The standard InChI is InChI=1S/C12H19NO2/c1-2-7-13-8-9-15-10-11-3-5-12(14)6-4-11/h3-6,13-14H,2,7-10H2,1H3. The molecule has 2 N–H and O–H groups in total. The van der Waals surface area contributed by atoms with Gasteiger partial charge in [0.25, 0.3) is 0 Å². The van der Waals surface area contributed by atoms with E-state index in [0.717, 1.165) is 31.7 Å². The smallest absolute Gasteiger partial charge is 0.115 e. The molecule has 0 spiro atoms. The first-order valence-corrected chi connectivity index (χ1v) is 5.39. The van der Waals surface area contributed by atoms with Gasteiger partial charge in [-0.2, -0.15) is 0 Å². The van der Waals surface area contributed by atoms with Crippen LogP contribution in [0.15, 0.2) is 24.3 Å². The minimum Gasteiger partial charge on any atom is -0.508 e. The van der Waals surface area contributed by atoms with Crippen LogP contribution in [0.1, 0.15) is 18.9 Å². The molecule has 0 bridgehead atoms. The van der Waals surface area contributed by atoms with Crippen LogP contribution in [0, 0.1) is 0 Å². The van der Waals surface area contributed by atoms with Crippen molar-refractivity contribution in [1.29, 1.82) is 0 Å². The molecule has 0 aliphatic heterocycles. The second kappa shape index (κ2) is 7.26. The molecule has 1 aromatic rings. The van der Waals surface area contributed by atoms with Gasteiger partial charge in [-0.1, -0.05) is 19.1 Å². The lowest BCUT2D eigenvalue weighted by Crippen LogP contribution is -2.20. The van der Waals surface area contributed by atoms with Crippen LogP contribution >= 0.6 is 0 Å². The summed E-state index contributed by atoms with van der Waals surface area (Å²) in [4.78, 5) is 0. The monoisotopic (exact) mass is 209 g/mol. The number of ether oxygens (including phenoxy) is 1. The summed E-state index contributed by atoms with van der Waals surface area (Å²) in [6, 6.07) is 7.09. The van der Waals surface area contributed by atoms with Crippen molar-refractivity contribution in [2.24, 2.45) is 0 Å². The summed E-state index contributed by atoms with van der Waals surface area (Å²) in [5, 5.41) is 12.3. The average molecular weight is 209 g/mol. The van der Waals surface area contributed by atoms with Crippen molar-refractivity contribution in [2.45, 2.75) is 20.0 Å². The molecule has 0 fully saturated rings. The minimum atomic E-state index is 0.295. The van der Waals surface area contributed by atoms with E-state index in [1.807, 2.05) is 12.1 Å². The molecule has 3 nitrogen and oxygen atoms in total. The Balaban J connectivity index is 2.07. The first kappa shape index (κ1) is 12.0. The Kier molecular flexibility index (Phi) is 5.81. The molecule has 0 aliphatic rings. The SMILES string of the molecule is CCCNCCOCc1ccc(O)cc1. The molecule has 15 heavy (non-hydrogen) atoms. The lowest BCUT2D eigenvalue weighted by Gasteiger charge is -2.05. The summed E-state index contributed by atoms with van der Waals surface area (Å²) in [6.07, 6.45) is 1.15. The molecule has 0 atom stereocenters. The maximum atomic E-state index is 9.07. The van der Waals surface area contributed by atoms with E-state index in [1.54, 1.807) is 12.1 Å². The normalized spacial score (nSPS) is 10.5. The van der Waals surface area contributed by atoms with Gasteiger partial charge in [0.1, 0.15) is 5.75 Å². The van der Waals surface area contributed by atoms with Gasteiger partial charge in [-0.25, -0.2) is 0 Å². The van der Waals surface area contributed by atoms with Crippen molar-refractivity contribution in [1.82, 2.24) is 5.32 Å². The highest BCUT2D eigenvalue weighted by atomic mass is 16.5. The molecule has 0 amide bonds. The van der Waals surface area contributed by atoms with Gasteiger partial charge in [-0.05, 0) is 30.7 Å². The second-order valence-corrected chi connectivity index (χ2v) is 3.47. The summed E-state index contributed by atoms with van der Waals surface area (Å²) in [7, 11) is 0. The zero-order valence-corrected chi connectivity index (χ0v) is 9.20. The number of phenols is 1. The third-order valence-electron chi connectivity index (χ3n) is 2.06. The predicted octanol–water partition coefficient (Wildman–Crippen LogP) is 1.91. The van der Waals surface area contributed by atoms with E-state index < -0.39 is 0 Å². The number of hydrogen-bond donors (Lipinski definition) is 2. The first-order valence-electron chi connectivity index (χ1n) is 5.39. The molecule has 1 aromatic carbocycles. The number of benzene rings is 1. The molecule has 0 saturated carbocycles. The Bertz CT molecular complexity index is 259. The average Bonchev–Trinajstić information content (AvgIpc) is 2.26. The number of aromatic hydroxyl groups is 1. The van der Waals surface area contributed by atoms with Gasteiger partial charge in [0.05, 0.1) is 13.2 Å². The van der Waals surface area contributed by atoms with E-state index in [2.05, 4.69) is 12.2 Å². The van der Waals surface area contributed by atoms with Crippen LogP contribution in [0.3, 0.4) is 0 Å². The van der Waals surface area contributed by atoms with Crippen molar-refractivity contribution in [3.63, 3.8) is 0 Å². The molecule has 0 heterocycles. The van der Waals surface area contributed by atoms with E-state index in [1.165, 1.54) is 0 Å². The number of nitrogens with one attached hydrogen (secondary N) is 1. The van der Waals surface area contributed by atoms with Crippen LogP contribution in [-0.2, 0) is 11.3 Å². The Morgan fingerprint density at radius 1 is 1.20 bits per heavy atom. The van der Waals surface area contributed by atoms with Crippen LogP contribution in [0.5, 0.6) is 5.75 Å². The zero-order chi connectivity index (χ0) is 10.9. The number of rotatable bonds is 7. The van der Waals surface area contributed by atoms with Gasteiger partial charge in [-0.15, -0.1) is 0 Å². The number of hydrogen-bond acceptors (Lipinski definition) is 3. The molecular weight excluding hydrogens is 190 g/mol. The molecule has 0 saturated heterocycles. The Morgan fingerprint density at radius 3 is 2.60 bits per heavy atom. The van der Waals surface area contributed by atoms with Crippen LogP contribution < -0.4 is 5.32 Å². The highest BCUT2D eigenvalue weighted by Gasteiger charge is 1.93. The quantitative estimate of drug-likeness (QED) is 0.674. The molecule has 1 rings (SSSR count). The summed E-state index contributed by atoms with van der Waals surface area (Å²) in [5.74, 6) is 0.295. The third kappa shape index (κ3) is 5.40. The lowest BCUT2D eigenvalue weighted by molar-refractivity contribution is 0.123. The van der Waals surface area contributed by atoms with Crippen LogP contribution in [-0.4, -0.2) is 24.8 Å². The van der Waals surface area contributed by atoms with E-state index in [4.69, 9.17) is 9.84 Å². The van der Waals surface area contributed by atoms with Gasteiger partial charge < -0.3 is 15.2 Å². The van der Waals surface area contributed by atoms with E-state index in [0.29, 0.717) is 12.4 Å². The van der Waals surface area contributed by atoms with Gasteiger partial charge in [0, 0.05) is 6.54 Å². The van der Waals surface area contributed by atoms with Crippen molar-refractivity contribution < 1.29 is 9.84 Å². The molecular formula is C12H19NO2. The molecule has 0 radical (unpaired) electrons. The third-order valence-corrected chi connectivity index (χ3v) is 2.06. The summed E-state index contributed by atoms with van der Waals surface area (Å²) < 4.78 is 5.46. The fourth-order valence-electron chi connectivity index (χ4n) is 1.23. The molecule has 0 unspecified atom stereocenters. The maximum absolute atomic E-state index is 9.07. The minimum absolute atomic E-state index is 0.295. The fraction of sp³-hybridized carbons (Fsp3) is 0.500. The predicted molar refractivity (Wildman–Crippen MR) is 60.9 cm³/mol. The van der Waals surface area contributed by atoms with Crippen LogP contribution in [0.4, 0.5) is 0 Å². The lowest BCUT2D eigenvalue weighted by atomic mass is 10.2. The first-order chi connectivity index (χ1) is 7.33. The van der Waals surface area contributed by atoms with Crippen molar-refractivity contribution in [3.05, 3.63) is 29.8 Å². The van der Waals surface area contributed by atoms with Gasteiger partial charge in [0.2, 0.25) is 0 Å². The second-order valence-electron chi connectivity index (χ2n) is 3.47. The van der Waals surface area contributed by atoms with E-state index >= 15 is 0 Å². The molecule has 84 valence electrons. The summed E-state index contributed by atoms with van der Waals surface area (Å²) >= 11 is 0.